The van der Waals surface area contributed by atoms with Gasteiger partial charge >= 0.3 is 0 Å². The van der Waals surface area contributed by atoms with Crippen molar-refractivity contribution in [3.8, 4) is 5.75 Å². The van der Waals surface area contributed by atoms with E-state index in [9.17, 15) is 15.0 Å². The fourth-order valence-electron chi connectivity index (χ4n) is 2.56. The number of aliphatic hydroxyl groups excluding tert-OH is 1. The number of carbonyl (C=O) groups excluding carboxylic acids is 1. The number of carbonyl (C=O) groups is 1. The van der Waals surface area contributed by atoms with Crippen molar-refractivity contribution in [1.29, 1.82) is 0 Å². The molecule has 2 rings (SSSR count). The minimum Gasteiger partial charge on any atom is -0.506 e. The van der Waals surface area contributed by atoms with Gasteiger partial charge in [-0.25, -0.2) is 0 Å². The molecule has 1 fully saturated rings. The first-order valence-corrected chi connectivity index (χ1v) is 6.92. The number of amides is 1. The quantitative estimate of drug-likeness (QED) is 0.727. The highest BCUT2D eigenvalue weighted by Gasteiger charge is 2.25. The highest BCUT2D eigenvalue weighted by Crippen LogP contribution is 2.23. The zero-order valence-electron chi connectivity index (χ0n) is 11.3. The van der Waals surface area contributed by atoms with Gasteiger partial charge in [-0.15, -0.1) is 0 Å². The monoisotopic (exact) mass is 276 g/mol. The fraction of sp³-hybridized carbons (Fsp3) is 0.467. The minimum absolute atomic E-state index is 0.0493. The summed E-state index contributed by atoms with van der Waals surface area (Å²) in [5.41, 5.74) is 0.669. The van der Waals surface area contributed by atoms with Crippen molar-refractivity contribution >= 4 is 12.0 Å². The third kappa shape index (κ3) is 4.06. The van der Waals surface area contributed by atoms with Crippen LogP contribution < -0.4 is 5.32 Å². The van der Waals surface area contributed by atoms with Crippen LogP contribution in [-0.2, 0) is 4.79 Å². The Morgan fingerprint density at radius 3 is 2.95 bits per heavy atom. The molecular weight excluding hydrogens is 256 g/mol. The summed E-state index contributed by atoms with van der Waals surface area (Å²) in [6, 6.07) is 1.58. The van der Waals surface area contributed by atoms with E-state index in [2.05, 4.69) is 10.3 Å². The maximum atomic E-state index is 11.9. The van der Waals surface area contributed by atoms with Crippen molar-refractivity contribution in [3.63, 3.8) is 0 Å². The average Bonchev–Trinajstić information content (AvgIpc) is 2.46. The standard InChI is InChI=1S/C15H20N2O3/c18-10-12-3-1-2-4-14(12)17-15(20)6-5-11-7-13(19)9-16-8-11/h5-9,12,14,18-19H,1-4,10H2,(H,17,20)/b6-5+. The van der Waals surface area contributed by atoms with Gasteiger partial charge in [0.1, 0.15) is 5.75 Å². The lowest BCUT2D eigenvalue weighted by Crippen LogP contribution is -2.42. The number of hydrogen-bond donors (Lipinski definition) is 3. The van der Waals surface area contributed by atoms with Gasteiger partial charge in [0.2, 0.25) is 5.91 Å². The molecule has 0 spiro atoms. The van der Waals surface area contributed by atoms with Crippen molar-refractivity contribution in [2.24, 2.45) is 5.92 Å². The largest absolute Gasteiger partial charge is 0.506 e. The molecule has 0 radical (unpaired) electrons. The number of nitrogens with one attached hydrogen (secondary N) is 1. The Bertz CT molecular complexity index is 488. The molecule has 5 nitrogen and oxygen atoms in total. The number of aromatic hydroxyl groups is 1. The molecule has 1 amide bonds. The topological polar surface area (TPSA) is 82.5 Å². The zero-order chi connectivity index (χ0) is 14.4. The summed E-state index contributed by atoms with van der Waals surface area (Å²) in [4.78, 5) is 15.7. The van der Waals surface area contributed by atoms with Crippen LogP contribution in [0.15, 0.2) is 24.5 Å². The summed E-state index contributed by atoms with van der Waals surface area (Å²) >= 11 is 0. The fourth-order valence-corrected chi connectivity index (χ4v) is 2.56. The Hall–Kier alpha value is -1.88. The molecule has 1 aliphatic rings. The van der Waals surface area contributed by atoms with Crippen LogP contribution in [0.4, 0.5) is 0 Å². The first-order chi connectivity index (χ1) is 9.69. The maximum absolute atomic E-state index is 11.9. The average molecular weight is 276 g/mol. The van der Waals surface area contributed by atoms with E-state index in [-0.39, 0.29) is 30.2 Å². The van der Waals surface area contributed by atoms with Crippen molar-refractivity contribution in [2.45, 2.75) is 31.7 Å². The summed E-state index contributed by atoms with van der Waals surface area (Å²) in [6.45, 7) is 0.116. The van der Waals surface area contributed by atoms with E-state index in [0.717, 1.165) is 25.7 Å². The van der Waals surface area contributed by atoms with Crippen molar-refractivity contribution < 1.29 is 15.0 Å². The number of aromatic nitrogens is 1. The summed E-state index contributed by atoms with van der Waals surface area (Å²) in [6.07, 6.45) is 10.0. The minimum atomic E-state index is -0.182. The van der Waals surface area contributed by atoms with E-state index in [1.54, 1.807) is 12.3 Å². The van der Waals surface area contributed by atoms with Crippen LogP contribution in [0, 0.1) is 5.92 Å². The van der Waals surface area contributed by atoms with Crippen molar-refractivity contribution in [3.05, 3.63) is 30.1 Å². The van der Waals surface area contributed by atoms with E-state index in [1.165, 1.54) is 18.3 Å². The number of pyridine rings is 1. The molecule has 1 saturated carbocycles. The van der Waals surface area contributed by atoms with Gasteiger partial charge in [0, 0.05) is 30.8 Å². The summed E-state index contributed by atoms with van der Waals surface area (Å²) in [5.74, 6) is 0.0439. The normalized spacial score (nSPS) is 22.9. The molecule has 1 aliphatic carbocycles. The van der Waals surface area contributed by atoms with Crippen LogP contribution in [0.3, 0.4) is 0 Å². The summed E-state index contributed by atoms with van der Waals surface area (Å²) < 4.78 is 0. The van der Waals surface area contributed by atoms with E-state index in [4.69, 9.17) is 0 Å². The van der Waals surface area contributed by atoms with E-state index >= 15 is 0 Å². The molecule has 20 heavy (non-hydrogen) atoms. The lowest BCUT2D eigenvalue weighted by atomic mass is 9.85. The molecule has 0 aliphatic heterocycles. The second-order valence-electron chi connectivity index (χ2n) is 5.15. The van der Waals surface area contributed by atoms with E-state index < -0.39 is 0 Å². The molecular formula is C15H20N2O3. The molecule has 0 bridgehead atoms. The van der Waals surface area contributed by atoms with Crippen molar-refractivity contribution in [2.75, 3.05) is 6.61 Å². The van der Waals surface area contributed by atoms with Gasteiger partial charge in [-0.05, 0) is 30.5 Å². The third-order valence-electron chi connectivity index (χ3n) is 3.64. The Labute approximate surface area is 118 Å². The molecule has 108 valence electrons. The Morgan fingerprint density at radius 1 is 1.40 bits per heavy atom. The number of rotatable bonds is 4. The summed E-state index contributed by atoms with van der Waals surface area (Å²) in [7, 11) is 0. The molecule has 1 aromatic heterocycles. The van der Waals surface area contributed by atoms with Crippen LogP contribution in [0.25, 0.3) is 6.08 Å². The SMILES string of the molecule is O=C(/C=C/c1cncc(O)c1)NC1CCCCC1CO. The number of aliphatic hydroxyl groups is 1. The number of hydrogen-bond acceptors (Lipinski definition) is 4. The van der Waals surface area contributed by atoms with Gasteiger partial charge in [-0.1, -0.05) is 12.8 Å². The second kappa shape index (κ2) is 7.05. The predicted octanol–water partition coefficient (Wildman–Crippen LogP) is 1.47. The molecule has 3 N–H and O–H groups in total. The van der Waals surface area contributed by atoms with Gasteiger partial charge < -0.3 is 15.5 Å². The van der Waals surface area contributed by atoms with Crippen molar-refractivity contribution in [1.82, 2.24) is 10.3 Å². The van der Waals surface area contributed by atoms with E-state index in [0.29, 0.717) is 5.56 Å². The van der Waals surface area contributed by atoms with Crippen LogP contribution in [0.1, 0.15) is 31.2 Å². The number of nitrogens with zero attached hydrogens (tertiary/aromatic N) is 1. The van der Waals surface area contributed by atoms with Crippen LogP contribution in [0.2, 0.25) is 0 Å². The van der Waals surface area contributed by atoms with Gasteiger partial charge in [0.15, 0.2) is 0 Å². The lowest BCUT2D eigenvalue weighted by Gasteiger charge is -2.30. The molecule has 5 heteroatoms. The summed E-state index contributed by atoms with van der Waals surface area (Å²) in [5, 5.41) is 21.5. The Kier molecular flexibility index (Phi) is 5.12. The molecule has 2 unspecified atom stereocenters. The Balaban J connectivity index is 1.91. The van der Waals surface area contributed by atoms with Gasteiger partial charge in [0.05, 0.1) is 6.20 Å². The lowest BCUT2D eigenvalue weighted by molar-refractivity contribution is -0.117. The van der Waals surface area contributed by atoms with Gasteiger partial charge in [-0.3, -0.25) is 9.78 Å². The van der Waals surface area contributed by atoms with E-state index in [1.807, 2.05) is 0 Å². The molecule has 1 heterocycles. The second-order valence-corrected chi connectivity index (χ2v) is 5.15. The van der Waals surface area contributed by atoms with Crippen LogP contribution >= 0.6 is 0 Å². The Morgan fingerprint density at radius 2 is 2.20 bits per heavy atom. The third-order valence-corrected chi connectivity index (χ3v) is 3.64. The first kappa shape index (κ1) is 14.5. The molecule has 0 saturated heterocycles. The smallest absolute Gasteiger partial charge is 0.244 e. The van der Waals surface area contributed by atoms with Crippen LogP contribution in [-0.4, -0.2) is 33.8 Å². The van der Waals surface area contributed by atoms with Gasteiger partial charge in [-0.2, -0.15) is 0 Å². The highest BCUT2D eigenvalue weighted by molar-refractivity contribution is 5.91. The van der Waals surface area contributed by atoms with Gasteiger partial charge in [0.25, 0.3) is 0 Å². The maximum Gasteiger partial charge on any atom is 0.244 e. The molecule has 2 atom stereocenters. The predicted molar refractivity (Wildman–Crippen MR) is 75.9 cm³/mol. The zero-order valence-corrected chi connectivity index (χ0v) is 11.3. The van der Waals surface area contributed by atoms with Crippen LogP contribution in [0.5, 0.6) is 5.75 Å². The highest BCUT2D eigenvalue weighted by atomic mass is 16.3. The first-order valence-electron chi connectivity index (χ1n) is 6.92. The molecule has 1 aromatic rings. The molecule has 0 aromatic carbocycles.